The fraction of sp³-hybridized carbons (Fsp3) is 0.0769. The summed E-state index contributed by atoms with van der Waals surface area (Å²) in [5.41, 5.74) is 1.30. The number of hydrogen-bond acceptors (Lipinski definition) is 4. The number of benzene rings is 4. The van der Waals surface area contributed by atoms with Gasteiger partial charge in [0.25, 0.3) is 0 Å². The SMILES string of the molecule is Cc1c(O)c(Oc2ccccc2)c(Oc2ccccc2)c(C)c1Oc1ccccc1. The van der Waals surface area contributed by atoms with Crippen molar-refractivity contribution in [2.24, 2.45) is 0 Å². The Bertz CT molecular complexity index is 1120. The van der Waals surface area contributed by atoms with Crippen molar-refractivity contribution in [2.45, 2.75) is 13.8 Å². The Kier molecular flexibility index (Phi) is 5.57. The summed E-state index contributed by atoms with van der Waals surface area (Å²) >= 11 is 0. The van der Waals surface area contributed by atoms with Gasteiger partial charge in [0, 0.05) is 11.1 Å². The summed E-state index contributed by atoms with van der Waals surface area (Å²) in [5.74, 6) is 3.06. The molecule has 0 saturated heterocycles. The van der Waals surface area contributed by atoms with Crippen LogP contribution in [0.4, 0.5) is 0 Å². The van der Waals surface area contributed by atoms with E-state index in [-0.39, 0.29) is 11.5 Å². The lowest BCUT2D eigenvalue weighted by Crippen LogP contribution is -1.99. The molecule has 4 aromatic carbocycles. The second-order valence-electron chi connectivity index (χ2n) is 6.83. The highest BCUT2D eigenvalue weighted by molar-refractivity contribution is 5.67. The smallest absolute Gasteiger partial charge is 0.212 e. The van der Waals surface area contributed by atoms with Gasteiger partial charge in [-0.2, -0.15) is 0 Å². The zero-order valence-corrected chi connectivity index (χ0v) is 16.8. The summed E-state index contributed by atoms with van der Waals surface area (Å²) < 4.78 is 18.3. The number of phenols is 1. The van der Waals surface area contributed by atoms with Gasteiger partial charge in [0.05, 0.1) is 0 Å². The molecular formula is C26H22O4. The van der Waals surface area contributed by atoms with Crippen LogP contribution in [0.2, 0.25) is 0 Å². The maximum atomic E-state index is 11.0. The number of ether oxygens (including phenoxy) is 3. The largest absolute Gasteiger partial charge is 0.504 e. The highest BCUT2D eigenvalue weighted by Gasteiger charge is 2.25. The maximum absolute atomic E-state index is 11.0. The zero-order valence-electron chi connectivity index (χ0n) is 16.8. The Hall–Kier alpha value is -3.92. The Balaban J connectivity index is 1.83. The molecule has 0 heterocycles. The number of aromatic hydroxyl groups is 1. The minimum absolute atomic E-state index is 0.0266. The van der Waals surface area contributed by atoms with Crippen LogP contribution in [0.3, 0.4) is 0 Å². The molecule has 150 valence electrons. The summed E-state index contributed by atoms with van der Waals surface area (Å²) in [6, 6.07) is 28.1. The van der Waals surface area contributed by atoms with E-state index in [9.17, 15) is 5.11 Å². The van der Waals surface area contributed by atoms with Crippen LogP contribution < -0.4 is 14.2 Å². The molecule has 30 heavy (non-hydrogen) atoms. The van der Waals surface area contributed by atoms with Crippen molar-refractivity contribution >= 4 is 0 Å². The van der Waals surface area contributed by atoms with Crippen molar-refractivity contribution in [2.75, 3.05) is 0 Å². The van der Waals surface area contributed by atoms with Gasteiger partial charge in [-0.25, -0.2) is 0 Å². The number of para-hydroxylation sites is 3. The summed E-state index contributed by atoms with van der Waals surface area (Å²) in [4.78, 5) is 0. The van der Waals surface area contributed by atoms with E-state index in [1.807, 2.05) is 97.9 Å². The molecule has 0 amide bonds. The molecule has 0 bridgehead atoms. The Morgan fingerprint density at radius 3 is 1.27 bits per heavy atom. The molecule has 4 heteroatoms. The topological polar surface area (TPSA) is 47.9 Å². The van der Waals surface area contributed by atoms with Gasteiger partial charge >= 0.3 is 0 Å². The molecule has 0 aliphatic heterocycles. The first-order valence-electron chi connectivity index (χ1n) is 9.68. The molecule has 4 nitrogen and oxygen atoms in total. The van der Waals surface area contributed by atoms with Gasteiger partial charge in [-0.15, -0.1) is 0 Å². The molecule has 0 aliphatic carbocycles. The van der Waals surface area contributed by atoms with Gasteiger partial charge in [0.2, 0.25) is 5.75 Å². The van der Waals surface area contributed by atoms with Crippen LogP contribution in [0.5, 0.6) is 40.2 Å². The van der Waals surface area contributed by atoms with Crippen LogP contribution in [0, 0.1) is 13.8 Å². The molecular weight excluding hydrogens is 376 g/mol. The summed E-state index contributed by atoms with van der Waals surface area (Å²) in [6.07, 6.45) is 0. The molecule has 0 aromatic heterocycles. The average molecular weight is 398 g/mol. The lowest BCUT2D eigenvalue weighted by atomic mass is 10.1. The fourth-order valence-electron chi connectivity index (χ4n) is 3.13. The number of hydrogen-bond donors (Lipinski definition) is 1. The van der Waals surface area contributed by atoms with Gasteiger partial charge in [0.1, 0.15) is 23.0 Å². The third-order valence-corrected chi connectivity index (χ3v) is 4.69. The standard InChI is InChI=1S/C26H22O4/c1-18-23(27)26(30-22-16-10-5-11-17-22)25(29-21-14-8-4-9-15-21)19(2)24(18)28-20-12-6-3-7-13-20/h3-17,27H,1-2H3. The van der Waals surface area contributed by atoms with E-state index in [2.05, 4.69) is 0 Å². The molecule has 0 atom stereocenters. The van der Waals surface area contributed by atoms with Crippen molar-refractivity contribution in [1.82, 2.24) is 0 Å². The van der Waals surface area contributed by atoms with E-state index >= 15 is 0 Å². The first-order valence-corrected chi connectivity index (χ1v) is 9.68. The molecule has 0 fully saturated rings. The summed E-state index contributed by atoms with van der Waals surface area (Å²) in [7, 11) is 0. The number of phenolic OH excluding ortho intramolecular Hbond substituents is 1. The second kappa shape index (κ2) is 8.62. The highest BCUT2D eigenvalue weighted by atomic mass is 16.5. The highest BCUT2D eigenvalue weighted by Crippen LogP contribution is 2.51. The van der Waals surface area contributed by atoms with Crippen LogP contribution in [0.15, 0.2) is 91.0 Å². The molecule has 0 aliphatic rings. The van der Waals surface area contributed by atoms with Gasteiger partial charge in [-0.1, -0.05) is 54.6 Å². The molecule has 0 spiro atoms. The van der Waals surface area contributed by atoms with E-state index in [0.29, 0.717) is 34.3 Å². The third-order valence-electron chi connectivity index (χ3n) is 4.69. The maximum Gasteiger partial charge on any atom is 0.212 e. The van der Waals surface area contributed by atoms with Gasteiger partial charge in [-0.05, 0) is 50.2 Å². The quantitative estimate of drug-likeness (QED) is 0.368. The molecule has 0 unspecified atom stereocenters. The van der Waals surface area contributed by atoms with Gasteiger partial charge in [-0.3, -0.25) is 0 Å². The van der Waals surface area contributed by atoms with Crippen LogP contribution in [-0.2, 0) is 0 Å². The van der Waals surface area contributed by atoms with E-state index in [4.69, 9.17) is 14.2 Å². The molecule has 0 radical (unpaired) electrons. The minimum atomic E-state index is -0.0266. The van der Waals surface area contributed by atoms with Crippen LogP contribution in [0.1, 0.15) is 11.1 Å². The Morgan fingerprint density at radius 2 is 0.833 bits per heavy atom. The van der Waals surface area contributed by atoms with Gasteiger partial charge in [0.15, 0.2) is 11.5 Å². The molecule has 4 aromatic rings. The zero-order chi connectivity index (χ0) is 20.9. The first-order chi connectivity index (χ1) is 14.6. The van der Waals surface area contributed by atoms with Crippen LogP contribution in [-0.4, -0.2) is 5.11 Å². The van der Waals surface area contributed by atoms with E-state index in [1.165, 1.54) is 0 Å². The van der Waals surface area contributed by atoms with Crippen molar-refractivity contribution in [3.63, 3.8) is 0 Å². The molecule has 0 saturated carbocycles. The average Bonchev–Trinajstić information content (AvgIpc) is 2.79. The monoisotopic (exact) mass is 398 g/mol. The lowest BCUT2D eigenvalue weighted by molar-refractivity contribution is 0.369. The van der Waals surface area contributed by atoms with Crippen molar-refractivity contribution in [3.05, 3.63) is 102 Å². The van der Waals surface area contributed by atoms with E-state index in [0.717, 1.165) is 5.56 Å². The van der Waals surface area contributed by atoms with Gasteiger partial charge < -0.3 is 19.3 Å². The van der Waals surface area contributed by atoms with Crippen molar-refractivity contribution in [3.8, 4) is 40.2 Å². The fourth-order valence-corrected chi connectivity index (χ4v) is 3.13. The minimum Gasteiger partial charge on any atom is -0.504 e. The van der Waals surface area contributed by atoms with Crippen LogP contribution in [0.25, 0.3) is 0 Å². The normalized spacial score (nSPS) is 10.5. The summed E-state index contributed by atoms with van der Waals surface area (Å²) in [5, 5.41) is 11.0. The third kappa shape index (κ3) is 4.08. The summed E-state index contributed by atoms with van der Waals surface area (Å²) in [6.45, 7) is 3.69. The molecule has 1 N–H and O–H groups in total. The van der Waals surface area contributed by atoms with E-state index in [1.54, 1.807) is 6.92 Å². The molecule has 4 rings (SSSR count). The Morgan fingerprint density at radius 1 is 0.467 bits per heavy atom. The van der Waals surface area contributed by atoms with Crippen molar-refractivity contribution < 1.29 is 19.3 Å². The lowest BCUT2D eigenvalue weighted by Gasteiger charge is -2.21. The second-order valence-corrected chi connectivity index (χ2v) is 6.83. The van der Waals surface area contributed by atoms with E-state index < -0.39 is 0 Å². The Labute approximate surface area is 175 Å². The predicted molar refractivity (Wildman–Crippen MR) is 117 cm³/mol. The first kappa shape index (κ1) is 19.4. The van der Waals surface area contributed by atoms with Crippen LogP contribution >= 0.6 is 0 Å². The predicted octanol–water partition coefficient (Wildman–Crippen LogP) is 7.39. The van der Waals surface area contributed by atoms with Crippen molar-refractivity contribution in [1.29, 1.82) is 0 Å². The number of rotatable bonds is 6.